The van der Waals surface area contributed by atoms with Crippen LogP contribution in [0.15, 0.2) is 24.3 Å². The third-order valence-corrected chi connectivity index (χ3v) is 11.7. The van der Waals surface area contributed by atoms with Crippen LogP contribution in [0.3, 0.4) is 0 Å². The fraction of sp³-hybridized carbons (Fsp3) is 0.742. The van der Waals surface area contributed by atoms with E-state index in [0.29, 0.717) is 41.1 Å². The van der Waals surface area contributed by atoms with Crippen LogP contribution in [0.25, 0.3) is 0 Å². The van der Waals surface area contributed by atoms with Crippen molar-refractivity contribution in [2.75, 3.05) is 0 Å². The Morgan fingerprint density at radius 2 is 1.70 bits per heavy atom. The first-order valence-electron chi connectivity index (χ1n) is 14.5. The first-order chi connectivity index (χ1) is 17.5. The molecule has 1 aromatic rings. The lowest BCUT2D eigenvalue weighted by atomic mass is 9.43. The van der Waals surface area contributed by atoms with Gasteiger partial charge in [-0.15, -0.1) is 0 Å². The van der Waals surface area contributed by atoms with Gasteiger partial charge in [-0.05, 0) is 128 Å². The molecule has 1 amide bonds. The van der Waals surface area contributed by atoms with E-state index in [2.05, 4.69) is 26.1 Å². The smallest absolute Gasteiger partial charge is 0.303 e. The van der Waals surface area contributed by atoms with Crippen LogP contribution in [0.1, 0.15) is 95.3 Å². The van der Waals surface area contributed by atoms with Crippen LogP contribution < -0.4 is 5.32 Å². The van der Waals surface area contributed by atoms with Gasteiger partial charge in [-0.1, -0.05) is 20.8 Å². The molecule has 1 unspecified atom stereocenters. The fourth-order valence-electron chi connectivity index (χ4n) is 9.78. The molecular formula is C31H44FNO4. The van der Waals surface area contributed by atoms with Gasteiger partial charge in [0.1, 0.15) is 5.82 Å². The van der Waals surface area contributed by atoms with Crippen LogP contribution in [0.2, 0.25) is 0 Å². The highest BCUT2D eigenvalue weighted by atomic mass is 19.1. The van der Waals surface area contributed by atoms with E-state index in [9.17, 15) is 24.2 Å². The van der Waals surface area contributed by atoms with Crippen LogP contribution in [-0.2, 0) is 4.79 Å². The van der Waals surface area contributed by atoms with E-state index in [1.807, 2.05) is 0 Å². The van der Waals surface area contributed by atoms with Crippen molar-refractivity contribution in [3.05, 3.63) is 35.6 Å². The molecule has 0 bridgehead atoms. The van der Waals surface area contributed by atoms with E-state index in [1.165, 1.54) is 12.1 Å². The second-order valence-electron chi connectivity index (χ2n) is 13.4. The number of carboxylic acid groups (broad SMARTS) is 1. The standard InChI is InChI=1S/C31H44FNO4/c1-18(4-11-27(35)36)23-9-10-24-28-25(13-15-31(23,24)3)30(2)14-12-22(34)16-20(30)17-26(28)33-29(37)19-5-7-21(32)8-6-19/h5-8,18,20,22-26,28,34H,4,9-17H2,1-3H3,(H,33,37)(H,35,36)/t18?,20-,22+,23+,24-,25-,26-,28-,30-,31+/m0/s1. The zero-order chi connectivity index (χ0) is 26.5. The second-order valence-corrected chi connectivity index (χ2v) is 13.4. The Balaban J connectivity index is 1.44. The maximum atomic E-state index is 13.5. The predicted molar refractivity (Wildman–Crippen MR) is 140 cm³/mol. The molecule has 5 rings (SSSR count). The summed E-state index contributed by atoms with van der Waals surface area (Å²) in [5.41, 5.74) is 0.810. The maximum absolute atomic E-state index is 13.5. The quantitative estimate of drug-likeness (QED) is 0.432. The number of aliphatic carboxylic acids is 1. The Morgan fingerprint density at radius 1 is 1.03 bits per heavy atom. The number of hydrogen-bond donors (Lipinski definition) is 3. The van der Waals surface area contributed by atoms with Crippen molar-refractivity contribution in [2.24, 2.45) is 46.3 Å². The van der Waals surface area contributed by atoms with Gasteiger partial charge < -0.3 is 15.5 Å². The van der Waals surface area contributed by atoms with Crippen LogP contribution >= 0.6 is 0 Å². The van der Waals surface area contributed by atoms with E-state index in [4.69, 9.17) is 0 Å². The van der Waals surface area contributed by atoms with Crippen LogP contribution in [0.5, 0.6) is 0 Å². The van der Waals surface area contributed by atoms with Crippen molar-refractivity contribution in [1.82, 2.24) is 5.32 Å². The van der Waals surface area contributed by atoms with Crippen molar-refractivity contribution in [1.29, 1.82) is 0 Å². The van der Waals surface area contributed by atoms with Gasteiger partial charge in [-0.3, -0.25) is 9.59 Å². The van der Waals surface area contributed by atoms with Gasteiger partial charge in [0.15, 0.2) is 0 Å². The molecule has 4 aliphatic carbocycles. The number of hydrogen-bond acceptors (Lipinski definition) is 3. The summed E-state index contributed by atoms with van der Waals surface area (Å²) in [5.74, 6) is 1.42. The summed E-state index contributed by atoms with van der Waals surface area (Å²) in [5, 5.41) is 23.2. The summed E-state index contributed by atoms with van der Waals surface area (Å²) in [7, 11) is 0. The number of benzene rings is 1. The molecule has 0 heterocycles. The second kappa shape index (κ2) is 9.98. The fourth-order valence-corrected chi connectivity index (χ4v) is 9.78. The molecule has 0 saturated heterocycles. The molecule has 37 heavy (non-hydrogen) atoms. The molecule has 0 spiro atoms. The van der Waals surface area contributed by atoms with Gasteiger partial charge in [0, 0.05) is 18.0 Å². The summed E-state index contributed by atoms with van der Waals surface area (Å²) >= 11 is 0. The van der Waals surface area contributed by atoms with Crippen LogP contribution in [-0.4, -0.2) is 34.2 Å². The highest BCUT2D eigenvalue weighted by Crippen LogP contribution is 2.68. The van der Waals surface area contributed by atoms with Gasteiger partial charge >= 0.3 is 5.97 Å². The summed E-state index contributed by atoms with van der Waals surface area (Å²) in [6.45, 7) is 7.13. The topological polar surface area (TPSA) is 86.6 Å². The van der Waals surface area contributed by atoms with E-state index >= 15 is 0 Å². The Bertz CT molecular complexity index is 1010. The normalized spacial score (nSPS) is 41.7. The molecular weight excluding hydrogens is 469 g/mol. The molecule has 0 aromatic heterocycles. The Labute approximate surface area is 220 Å². The van der Waals surface area contributed by atoms with Crippen molar-refractivity contribution in [3.8, 4) is 0 Å². The number of aliphatic hydroxyl groups excluding tert-OH is 1. The third kappa shape index (κ3) is 4.72. The molecule has 6 heteroatoms. The van der Waals surface area contributed by atoms with Gasteiger partial charge in [0.25, 0.3) is 5.91 Å². The molecule has 0 radical (unpaired) electrons. The molecule has 10 atom stereocenters. The maximum Gasteiger partial charge on any atom is 0.303 e. The van der Waals surface area contributed by atoms with Gasteiger partial charge in [-0.2, -0.15) is 0 Å². The van der Waals surface area contributed by atoms with Gasteiger partial charge in [0.05, 0.1) is 6.10 Å². The number of carbonyl (C=O) groups is 2. The lowest BCUT2D eigenvalue weighted by molar-refractivity contribution is -0.141. The number of halogens is 1. The van der Waals surface area contributed by atoms with Crippen LogP contribution in [0.4, 0.5) is 4.39 Å². The molecule has 204 valence electrons. The Hall–Kier alpha value is -1.95. The minimum absolute atomic E-state index is 0.0311. The number of fused-ring (bicyclic) bond motifs is 5. The van der Waals surface area contributed by atoms with Crippen molar-refractivity contribution < 1.29 is 24.2 Å². The number of nitrogens with one attached hydrogen (secondary N) is 1. The highest BCUT2D eigenvalue weighted by molar-refractivity contribution is 5.94. The first kappa shape index (κ1) is 26.6. The SMILES string of the molecule is CC(CCC(=O)O)[C@H]1CC[C@H]2[C@@H]3[C@@H](NC(=O)c4ccc(F)cc4)C[C@@H]4C[C@H](O)CC[C@]4(C)[C@H]3CC[C@]12C. The number of amides is 1. The number of carboxylic acids is 1. The number of rotatable bonds is 6. The minimum atomic E-state index is -0.718. The monoisotopic (exact) mass is 513 g/mol. The van der Waals surface area contributed by atoms with Crippen molar-refractivity contribution >= 4 is 11.9 Å². The average Bonchev–Trinajstić information content (AvgIpc) is 3.21. The molecule has 1 aromatic carbocycles. The average molecular weight is 514 g/mol. The lowest BCUT2D eigenvalue weighted by Gasteiger charge is -2.63. The van der Waals surface area contributed by atoms with Gasteiger partial charge in [0.2, 0.25) is 0 Å². The molecule has 4 fully saturated rings. The zero-order valence-corrected chi connectivity index (χ0v) is 22.6. The first-order valence-corrected chi connectivity index (χ1v) is 14.5. The molecule has 4 saturated carbocycles. The van der Waals surface area contributed by atoms with Crippen LogP contribution in [0, 0.1) is 52.2 Å². The van der Waals surface area contributed by atoms with E-state index < -0.39 is 5.97 Å². The third-order valence-electron chi connectivity index (χ3n) is 11.7. The predicted octanol–water partition coefficient (Wildman–Crippen LogP) is 6.05. The Kier molecular flexibility index (Phi) is 7.19. The van der Waals surface area contributed by atoms with E-state index in [0.717, 1.165) is 57.8 Å². The molecule has 3 N–H and O–H groups in total. The van der Waals surface area contributed by atoms with E-state index in [-0.39, 0.29) is 41.1 Å². The zero-order valence-electron chi connectivity index (χ0n) is 22.6. The van der Waals surface area contributed by atoms with Crippen molar-refractivity contribution in [3.63, 3.8) is 0 Å². The summed E-state index contributed by atoms with van der Waals surface area (Å²) in [6.07, 6.45) is 8.82. The number of aliphatic hydroxyl groups is 1. The Morgan fingerprint density at radius 3 is 2.41 bits per heavy atom. The minimum Gasteiger partial charge on any atom is -0.481 e. The highest BCUT2D eigenvalue weighted by Gasteiger charge is 2.63. The van der Waals surface area contributed by atoms with Gasteiger partial charge in [-0.25, -0.2) is 4.39 Å². The summed E-state index contributed by atoms with van der Waals surface area (Å²) < 4.78 is 13.5. The summed E-state index contributed by atoms with van der Waals surface area (Å²) in [6, 6.07) is 5.82. The van der Waals surface area contributed by atoms with E-state index in [1.54, 1.807) is 12.1 Å². The summed E-state index contributed by atoms with van der Waals surface area (Å²) in [4.78, 5) is 24.6. The molecule has 4 aliphatic rings. The lowest BCUT2D eigenvalue weighted by Crippen LogP contribution is -2.62. The molecule has 0 aliphatic heterocycles. The van der Waals surface area contributed by atoms with Crippen molar-refractivity contribution in [2.45, 2.75) is 97.1 Å². The molecule has 5 nitrogen and oxygen atoms in total. The number of carbonyl (C=O) groups excluding carboxylic acids is 1. The largest absolute Gasteiger partial charge is 0.481 e.